The summed E-state index contributed by atoms with van der Waals surface area (Å²) in [6, 6.07) is 9.42. The van der Waals surface area contributed by atoms with Crippen molar-refractivity contribution in [1.82, 2.24) is 0 Å². The fourth-order valence-electron chi connectivity index (χ4n) is 2.63. The maximum Gasteiger partial charge on any atom is 0.416 e. The summed E-state index contributed by atoms with van der Waals surface area (Å²) in [5.74, 6) is -1.04. The van der Waals surface area contributed by atoms with Gasteiger partial charge in [0.05, 0.1) is 16.5 Å². The van der Waals surface area contributed by atoms with E-state index in [0.717, 1.165) is 23.9 Å². The molecule has 0 saturated heterocycles. The molecule has 0 spiro atoms. The first kappa shape index (κ1) is 19.9. The van der Waals surface area contributed by atoms with Crippen molar-refractivity contribution >= 4 is 40.7 Å². The summed E-state index contributed by atoms with van der Waals surface area (Å²) < 4.78 is 38.4. The number of halogens is 3. The summed E-state index contributed by atoms with van der Waals surface area (Å²) >= 11 is 1.04. The second-order valence-electron chi connectivity index (χ2n) is 6.19. The molecule has 5 nitrogen and oxygen atoms in total. The number of hydrogen-bond donors (Lipinski definition) is 2. The number of rotatable bonds is 4. The number of anilines is 2. The first-order valence-corrected chi connectivity index (χ1v) is 9.11. The van der Waals surface area contributed by atoms with Crippen molar-refractivity contribution in [3.8, 4) is 0 Å². The number of ketones is 1. The molecule has 2 amide bonds. The number of hydrogen-bond acceptors (Lipinski definition) is 4. The molecule has 0 bridgehead atoms. The topological polar surface area (TPSA) is 75.3 Å². The van der Waals surface area contributed by atoms with Crippen molar-refractivity contribution in [3.05, 3.63) is 53.6 Å². The summed E-state index contributed by atoms with van der Waals surface area (Å²) in [7, 11) is 0. The molecule has 1 aliphatic heterocycles. The monoisotopic (exact) mass is 408 g/mol. The van der Waals surface area contributed by atoms with E-state index in [2.05, 4.69) is 10.6 Å². The summed E-state index contributed by atoms with van der Waals surface area (Å²) in [4.78, 5) is 36.1. The highest BCUT2D eigenvalue weighted by Gasteiger charge is 2.34. The van der Waals surface area contributed by atoms with Gasteiger partial charge in [-0.2, -0.15) is 13.2 Å². The predicted octanol–water partition coefficient (Wildman–Crippen LogP) is 4.35. The number of carbonyl (C=O) groups is 3. The molecule has 28 heavy (non-hydrogen) atoms. The zero-order chi connectivity index (χ0) is 20.5. The third-order valence-electron chi connectivity index (χ3n) is 4.07. The van der Waals surface area contributed by atoms with Gasteiger partial charge in [-0.1, -0.05) is 0 Å². The van der Waals surface area contributed by atoms with Crippen molar-refractivity contribution in [2.45, 2.75) is 29.7 Å². The molecular weight excluding hydrogens is 393 g/mol. The van der Waals surface area contributed by atoms with Crippen LogP contribution < -0.4 is 10.6 Å². The van der Waals surface area contributed by atoms with Crippen molar-refractivity contribution in [2.24, 2.45) is 0 Å². The molecule has 2 aromatic carbocycles. The van der Waals surface area contributed by atoms with Crippen LogP contribution in [-0.2, 0) is 15.8 Å². The van der Waals surface area contributed by atoms with Crippen LogP contribution in [0.3, 0.4) is 0 Å². The van der Waals surface area contributed by atoms with Gasteiger partial charge in [0.2, 0.25) is 11.8 Å². The average Bonchev–Trinajstić information content (AvgIpc) is 2.61. The van der Waals surface area contributed by atoms with Crippen molar-refractivity contribution < 1.29 is 27.6 Å². The van der Waals surface area contributed by atoms with Gasteiger partial charge in [-0.25, -0.2) is 0 Å². The molecule has 0 aliphatic carbocycles. The Morgan fingerprint density at radius 2 is 1.82 bits per heavy atom. The number of fused-ring (bicyclic) bond motifs is 1. The van der Waals surface area contributed by atoms with Crippen LogP contribution in [-0.4, -0.2) is 22.8 Å². The molecule has 2 N–H and O–H groups in total. The number of benzene rings is 2. The Morgan fingerprint density at radius 1 is 1.14 bits per heavy atom. The molecule has 1 heterocycles. The molecule has 0 saturated carbocycles. The molecule has 1 aliphatic rings. The third-order valence-corrected chi connectivity index (χ3v) is 5.35. The fourth-order valence-corrected chi connectivity index (χ4v) is 3.72. The minimum atomic E-state index is -4.50. The Morgan fingerprint density at radius 3 is 2.43 bits per heavy atom. The van der Waals surface area contributed by atoms with Crippen LogP contribution in [0.2, 0.25) is 0 Å². The predicted molar refractivity (Wildman–Crippen MR) is 99.4 cm³/mol. The first-order valence-electron chi connectivity index (χ1n) is 8.23. The standard InChI is InChI=1S/C19H15F3N2O3S/c1-10(25)11-2-5-13(6-3-11)23-17(26)9-16-18(27)24-14-8-12(19(20,21)22)4-7-15(14)28-16/h2-8,16H,9H2,1H3,(H,23,26)(H,24,27). The Labute approximate surface area is 162 Å². The molecule has 2 aromatic rings. The van der Waals surface area contributed by atoms with E-state index in [1.165, 1.54) is 13.0 Å². The fraction of sp³-hybridized carbons (Fsp3) is 0.211. The van der Waals surface area contributed by atoms with Gasteiger partial charge in [0.25, 0.3) is 0 Å². The zero-order valence-corrected chi connectivity index (χ0v) is 15.4. The van der Waals surface area contributed by atoms with Crippen molar-refractivity contribution in [3.63, 3.8) is 0 Å². The summed E-state index contributed by atoms with van der Waals surface area (Å²) in [6.45, 7) is 1.43. The van der Waals surface area contributed by atoms with Crippen LogP contribution in [0.15, 0.2) is 47.4 Å². The van der Waals surface area contributed by atoms with Gasteiger partial charge in [0, 0.05) is 22.6 Å². The lowest BCUT2D eigenvalue weighted by atomic mass is 10.1. The van der Waals surface area contributed by atoms with E-state index in [1.54, 1.807) is 24.3 Å². The molecule has 1 atom stereocenters. The lowest BCUT2D eigenvalue weighted by molar-refractivity contribution is -0.137. The van der Waals surface area contributed by atoms with Crippen LogP contribution in [0.1, 0.15) is 29.3 Å². The lowest BCUT2D eigenvalue weighted by Gasteiger charge is -2.24. The van der Waals surface area contributed by atoms with Gasteiger partial charge >= 0.3 is 6.18 Å². The highest BCUT2D eigenvalue weighted by atomic mass is 32.2. The number of Topliss-reactive ketones (excluding diaryl/α,β-unsaturated/α-hetero) is 1. The lowest BCUT2D eigenvalue weighted by Crippen LogP contribution is -2.32. The molecule has 0 aromatic heterocycles. The number of nitrogens with one attached hydrogen (secondary N) is 2. The minimum Gasteiger partial charge on any atom is -0.326 e. The number of alkyl halides is 3. The van der Waals surface area contributed by atoms with E-state index in [4.69, 9.17) is 0 Å². The highest BCUT2D eigenvalue weighted by Crippen LogP contribution is 2.40. The van der Waals surface area contributed by atoms with Gasteiger partial charge in [-0.3, -0.25) is 14.4 Å². The normalized spacial score (nSPS) is 16.1. The van der Waals surface area contributed by atoms with Crippen LogP contribution >= 0.6 is 11.8 Å². The molecule has 9 heteroatoms. The second-order valence-corrected chi connectivity index (χ2v) is 7.43. The van der Waals surface area contributed by atoms with Gasteiger partial charge in [-0.05, 0) is 49.4 Å². The van der Waals surface area contributed by atoms with Gasteiger partial charge in [0.1, 0.15) is 0 Å². The zero-order valence-electron chi connectivity index (χ0n) is 14.6. The molecule has 0 fully saturated rings. The number of amides is 2. The molecule has 0 radical (unpaired) electrons. The van der Waals surface area contributed by atoms with E-state index in [9.17, 15) is 27.6 Å². The van der Waals surface area contributed by atoms with E-state index in [0.29, 0.717) is 16.1 Å². The van der Waals surface area contributed by atoms with Crippen LogP contribution in [0.25, 0.3) is 0 Å². The van der Waals surface area contributed by atoms with Gasteiger partial charge < -0.3 is 10.6 Å². The Hall–Kier alpha value is -2.81. The van der Waals surface area contributed by atoms with Crippen LogP contribution in [0.4, 0.5) is 24.5 Å². The molecule has 146 valence electrons. The Kier molecular flexibility index (Phi) is 5.46. The smallest absolute Gasteiger partial charge is 0.326 e. The number of thioether (sulfide) groups is 1. The SMILES string of the molecule is CC(=O)c1ccc(NC(=O)CC2Sc3ccc(C(F)(F)F)cc3NC2=O)cc1. The number of carbonyl (C=O) groups excluding carboxylic acids is 3. The largest absolute Gasteiger partial charge is 0.416 e. The summed E-state index contributed by atoms with van der Waals surface area (Å²) in [5.41, 5.74) is 0.222. The minimum absolute atomic E-state index is 0.0845. The maximum atomic E-state index is 12.8. The highest BCUT2D eigenvalue weighted by molar-refractivity contribution is 8.01. The Bertz CT molecular complexity index is 942. The van der Waals surface area contributed by atoms with E-state index >= 15 is 0 Å². The summed E-state index contributed by atoms with van der Waals surface area (Å²) in [6.07, 6.45) is -4.65. The Balaban J connectivity index is 1.66. The van der Waals surface area contributed by atoms with Crippen LogP contribution in [0, 0.1) is 0 Å². The van der Waals surface area contributed by atoms with Crippen molar-refractivity contribution in [1.29, 1.82) is 0 Å². The average molecular weight is 408 g/mol. The third kappa shape index (κ3) is 4.53. The molecule has 3 rings (SSSR count). The van der Waals surface area contributed by atoms with Gasteiger partial charge in [0.15, 0.2) is 5.78 Å². The second kappa shape index (κ2) is 7.67. The van der Waals surface area contributed by atoms with Crippen LogP contribution in [0.5, 0.6) is 0 Å². The summed E-state index contributed by atoms with van der Waals surface area (Å²) in [5, 5.41) is 4.31. The quantitative estimate of drug-likeness (QED) is 0.738. The van der Waals surface area contributed by atoms with Crippen molar-refractivity contribution in [2.75, 3.05) is 10.6 Å². The molecular formula is C19H15F3N2O3S. The van der Waals surface area contributed by atoms with E-state index in [1.807, 2.05) is 0 Å². The van der Waals surface area contributed by atoms with E-state index < -0.39 is 28.8 Å². The molecule has 1 unspecified atom stereocenters. The first-order chi connectivity index (χ1) is 13.1. The van der Waals surface area contributed by atoms with E-state index in [-0.39, 0.29) is 17.9 Å². The van der Waals surface area contributed by atoms with Gasteiger partial charge in [-0.15, -0.1) is 11.8 Å². The maximum absolute atomic E-state index is 12.8.